The number of thiophene rings is 1. The molecule has 3 heterocycles. The van der Waals surface area contributed by atoms with Crippen LogP contribution in [0.3, 0.4) is 0 Å². The Hall–Kier alpha value is -9.94. The lowest BCUT2D eigenvalue weighted by Crippen LogP contribution is -2.29. The van der Waals surface area contributed by atoms with E-state index in [9.17, 15) is 0 Å². The third-order valence-electron chi connectivity index (χ3n) is 16.3. The molecule has 0 amide bonds. The molecular formula is C73H46N4S. The zero-order valence-electron chi connectivity index (χ0n) is 42.3. The van der Waals surface area contributed by atoms with Crippen LogP contribution in [0.15, 0.2) is 279 Å². The number of aromatic nitrogens is 2. The number of rotatable bonds is 8. The van der Waals surface area contributed by atoms with Crippen molar-refractivity contribution in [3.8, 4) is 11.1 Å². The Kier molecular flexibility index (Phi) is 9.99. The van der Waals surface area contributed by atoms with Gasteiger partial charge >= 0.3 is 0 Å². The molecule has 4 nitrogen and oxygen atoms in total. The Morgan fingerprint density at radius 1 is 0.321 bits per heavy atom. The maximum absolute atomic E-state index is 5.12. The molecule has 0 spiro atoms. The van der Waals surface area contributed by atoms with Gasteiger partial charge in [0.25, 0.3) is 0 Å². The molecular weight excluding hydrogens is 965 g/mol. The highest BCUT2D eigenvalue weighted by atomic mass is 32.1. The van der Waals surface area contributed by atoms with Crippen molar-refractivity contribution >= 4 is 120 Å². The molecule has 1 aliphatic carbocycles. The fourth-order valence-electron chi connectivity index (χ4n) is 13.1. The van der Waals surface area contributed by atoms with Crippen molar-refractivity contribution < 1.29 is 0 Å². The van der Waals surface area contributed by atoms with Gasteiger partial charge in [0.2, 0.25) is 0 Å². The van der Waals surface area contributed by atoms with Gasteiger partial charge in [-0.2, -0.15) is 0 Å². The van der Waals surface area contributed by atoms with E-state index in [1.54, 1.807) is 0 Å². The Morgan fingerprint density at radius 3 is 1.29 bits per heavy atom. The summed E-state index contributed by atoms with van der Waals surface area (Å²) < 4.78 is 2.50. The van der Waals surface area contributed by atoms with Crippen LogP contribution in [0, 0.1) is 0 Å². The van der Waals surface area contributed by atoms with Crippen molar-refractivity contribution in [2.45, 2.75) is 5.41 Å². The first kappa shape index (κ1) is 44.4. The minimum absolute atomic E-state index is 0.810. The Bertz CT molecular complexity index is 4820. The van der Waals surface area contributed by atoms with Crippen molar-refractivity contribution in [1.29, 1.82) is 0 Å². The molecule has 1 aliphatic rings. The molecule has 0 aliphatic heterocycles. The summed E-state index contributed by atoms with van der Waals surface area (Å²) in [7, 11) is 0. The minimum atomic E-state index is -0.810. The maximum Gasteiger partial charge on any atom is 0.0801 e. The number of para-hydroxylation sites is 2. The molecule has 0 bridgehead atoms. The van der Waals surface area contributed by atoms with Gasteiger partial charge in [0.05, 0.1) is 39.2 Å². The summed E-state index contributed by atoms with van der Waals surface area (Å²) >= 11 is 1.91. The summed E-state index contributed by atoms with van der Waals surface area (Å²) in [4.78, 5) is 15.3. The standard InChI is InChI=1S/C73H46N4S/c1-5-25-49(26-6-1)73(50-27-7-2-8-28-50)60-45-64(76(51-29-9-3-10-30-51)62-43-47-23-13-15-33-53(47)70-57(62)38-21-41-74-70)55-35-17-18-36-56(55)67(60)69-61(73)46-65(68-59-37-19-20-40-66(59)78-72(68)69)77(52-31-11-4-12-32-52)63-44-48-24-14-16-34-54(48)71-58(63)39-22-42-75-71/h1-46H. The first-order valence-corrected chi connectivity index (χ1v) is 27.5. The highest BCUT2D eigenvalue weighted by Gasteiger charge is 2.49. The van der Waals surface area contributed by atoms with Crippen LogP contribution >= 0.6 is 11.3 Å². The number of hydrogen-bond acceptors (Lipinski definition) is 5. The lowest BCUT2D eigenvalue weighted by atomic mass is 9.67. The summed E-state index contributed by atoms with van der Waals surface area (Å²) in [6.45, 7) is 0. The summed E-state index contributed by atoms with van der Waals surface area (Å²) in [5, 5.41) is 11.5. The number of benzene rings is 12. The number of pyridine rings is 2. The topological polar surface area (TPSA) is 32.3 Å². The monoisotopic (exact) mass is 1010 g/mol. The van der Waals surface area contributed by atoms with E-state index in [0.29, 0.717) is 0 Å². The molecule has 78 heavy (non-hydrogen) atoms. The van der Waals surface area contributed by atoms with Crippen LogP contribution in [0.4, 0.5) is 34.1 Å². The van der Waals surface area contributed by atoms with Gasteiger partial charge in [0.15, 0.2) is 0 Å². The molecule has 15 aromatic rings. The molecule has 5 heteroatoms. The molecule has 0 atom stereocenters. The van der Waals surface area contributed by atoms with Crippen LogP contribution < -0.4 is 9.80 Å². The largest absolute Gasteiger partial charge is 0.309 e. The highest BCUT2D eigenvalue weighted by Crippen LogP contribution is 2.64. The average Bonchev–Trinajstić information content (AvgIpc) is 3.64. The lowest BCUT2D eigenvalue weighted by Gasteiger charge is -2.36. The number of nitrogens with zero attached hydrogens (tertiary/aromatic N) is 4. The van der Waals surface area contributed by atoms with E-state index < -0.39 is 5.41 Å². The fourth-order valence-corrected chi connectivity index (χ4v) is 14.4. The second kappa shape index (κ2) is 17.6. The summed E-state index contributed by atoms with van der Waals surface area (Å²) in [5.74, 6) is 0. The van der Waals surface area contributed by atoms with Gasteiger partial charge in [-0.25, -0.2) is 0 Å². The average molecular weight is 1010 g/mol. The quantitative estimate of drug-likeness (QED) is 0.142. The normalized spacial score (nSPS) is 12.7. The zero-order chi connectivity index (χ0) is 51.3. The highest BCUT2D eigenvalue weighted by molar-refractivity contribution is 7.26. The van der Waals surface area contributed by atoms with E-state index in [1.165, 1.54) is 58.9 Å². The molecule has 364 valence electrons. The number of anilines is 6. The molecule has 12 aromatic carbocycles. The van der Waals surface area contributed by atoms with Crippen LogP contribution in [-0.2, 0) is 5.41 Å². The third-order valence-corrected chi connectivity index (χ3v) is 17.5. The van der Waals surface area contributed by atoms with Gasteiger partial charge in [-0.1, -0.05) is 188 Å². The molecule has 0 radical (unpaired) electrons. The second-order valence-corrected chi connectivity index (χ2v) is 21.4. The van der Waals surface area contributed by atoms with E-state index >= 15 is 0 Å². The van der Waals surface area contributed by atoms with Crippen LogP contribution in [0.1, 0.15) is 22.3 Å². The van der Waals surface area contributed by atoms with Crippen molar-refractivity contribution in [1.82, 2.24) is 9.97 Å². The van der Waals surface area contributed by atoms with Gasteiger partial charge < -0.3 is 9.80 Å². The second-order valence-electron chi connectivity index (χ2n) is 20.3. The van der Waals surface area contributed by atoms with Gasteiger partial charge in [0.1, 0.15) is 0 Å². The van der Waals surface area contributed by atoms with Gasteiger partial charge in [-0.15, -0.1) is 11.3 Å². The molecule has 0 saturated carbocycles. The van der Waals surface area contributed by atoms with Crippen LogP contribution in [0.2, 0.25) is 0 Å². The van der Waals surface area contributed by atoms with Gasteiger partial charge in [-0.3, -0.25) is 9.97 Å². The van der Waals surface area contributed by atoms with E-state index in [2.05, 4.69) is 277 Å². The summed E-state index contributed by atoms with van der Waals surface area (Å²) in [5.41, 5.74) is 15.0. The first-order chi connectivity index (χ1) is 38.7. The zero-order valence-corrected chi connectivity index (χ0v) is 43.1. The molecule has 0 N–H and O–H groups in total. The Morgan fingerprint density at radius 2 is 0.731 bits per heavy atom. The van der Waals surface area contributed by atoms with Crippen LogP contribution in [0.25, 0.3) is 85.4 Å². The Balaban J connectivity index is 1.10. The van der Waals surface area contributed by atoms with E-state index in [-0.39, 0.29) is 0 Å². The third kappa shape index (κ3) is 6.46. The smallest absolute Gasteiger partial charge is 0.0801 e. The Labute approximate surface area is 455 Å². The molecule has 3 aromatic heterocycles. The number of hydrogen-bond donors (Lipinski definition) is 0. The molecule has 0 saturated heterocycles. The van der Waals surface area contributed by atoms with Crippen molar-refractivity contribution in [3.63, 3.8) is 0 Å². The molecule has 0 fully saturated rings. The van der Waals surface area contributed by atoms with Gasteiger partial charge in [-0.05, 0) is 123 Å². The molecule has 16 rings (SSSR count). The molecule has 0 unspecified atom stereocenters. The van der Waals surface area contributed by atoms with Crippen molar-refractivity contribution in [3.05, 3.63) is 302 Å². The number of fused-ring (bicyclic) bond motifs is 15. The van der Waals surface area contributed by atoms with Crippen LogP contribution in [0.5, 0.6) is 0 Å². The predicted molar refractivity (Wildman–Crippen MR) is 329 cm³/mol. The van der Waals surface area contributed by atoms with Crippen molar-refractivity contribution in [2.24, 2.45) is 0 Å². The van der Waals surface area contributed by atoms with E-state index in [1.807, 2.05) is 23.7 Å². The SMILES string of the molecule is c1ccc(N(c2cc3c(c4ccccc24)-c2c(cc(N(c4ccccc4)c4cc5ccccc5c5ncccc45)c4c2sc2ccccc24)C3(c2ccccc2)c2ccccc2)c2cc3ccccc3c3ncccc23)cc1. The summed E-state index contributed by atoms with van der Waals surface area (Å²) in [6, 6.07) is 98.4. The predicted octanol–water partition coefficient (Wildman–Crippen LogP) is 19.9. The van der Waals surface area contributed by atoms with Crippen LogP contribution in [-0.4, -0.2) is 9.97 Å². The maximum atomic E-state index is 5.12. The fraction of sp³-hybridized carbons (Fsp3) is 0.0137. The first-order valence-electron chi connectivity index (χ1n) is 26.6. The van der Waals surface area contributed by atoms with Gasteiger partial charge in [0, 0.05) is 76.4 Å². The minimum Gasteiger partial charge on any atom is -0.309 e. The summed E-state index contributed by atoms with van der Waals surface area (Å²) in [6.07, 6.45) is 3.84. The van der Waals surface area contributed by atoms with Crippen molar-refractivity contribution in [2.75, 3.05) is 9.80 Å². The van der Waals surface area contributed by atoms with E-state index in [4.69, 9.17) is 9.97 Å². The lowest BCUT2D eigenvalue weighted by molar-refractivity contribution is 0.769. The van der Waals surface area contributed by atoms with E-state index in [0.717, 1.165) is 82.9 Å².